The SMILES string of the molecule is CCCNC(=O)c1cccc(NC(=O)COc2ccc(Br)cc2C(C)C)c1. The van der Waals surface area contributed by atoms with Gasteiger partial charge >= 0.3 is 0 Å². The molecule has 144 valence electrons. The second kappa shape index (κ2) is 10.1. The lowest BCUT2D eigenvalue weighted by Crippen LogP contribution is -2.24. The number of carbonyl (C=O) groups is 2. The van der Waals surface area contributed by atoms with Gasteiger partial charge in [0, 0.05) is 22.3 Å². The fourth-order valence-electron chi connectivity index (χ4n) is 2.52. The number of carbonyl (C=O) groups excluding carboxylic acids is 2. The number of hydrogen-bond donors (Lipinski definition) is 2. The summed E-state index contributed by atoms with van der Waals surface area (Å²) in [7, 11) is 0. The first-order valence-corrected chi connectivity index (χ1v) is 9.80. The Kier molecular flexibility index (Phi) is 7.85. The molecule has 0 aliphatic rings. The number of halogens is 1. The molecule has 0 atom stereocenters. The Bertz CT molecular complexity index is 806. The molecular weight excluding hydrogens is 408 g/mol. The highest BCUT2D eigenvalue weighted by Gasteiger charge is 2.12. The smallest absolute Gasteiger partial charge is 0.262 e. The van der Waals surface area contributed by atoms with Crippen molar-refractivity contribution in [2.75, 3.05) is 18.5 Å². The highest BCUT2D eigenvalue weighted by atomic mass is 79.9. The number of benzene rings is 2. The zero-order chi connectivity index (χ0) is 19.8. The van der Waals surface area contributed by atoms with Gasteiger partial charge in [0.1, 0.15) is 5.75 Å². The predicted octanol–water partition coefficient (Wildman–Crippen LogP) is 4.73. The first-order chi connectivity index (χ1) is 12.9. The van der Waals surface area contributed by atoms with E-state index in [1.165, 1.54) is 0 Å². The molecule has 0 aromatic heterocycles. The molecule has 2 aromatic rings. The fourth-order valence-corrected chi connectivity index (χ4v) is 2.90. The zero-order valence-electron chi connectivity index (χ0n) is 15.8. The number of ether oxygens (including phenoxy) is 1. The van der Waals surface area contributed by atoms with Crippen molar-refractivity contribution in [1.82, 2.24) is 5.32 Å². The van der Waals surface area contributed by atoms with Crippen LogP contribution in [-0.4, -0.2) is 25.0 Å². The van der Waals surface area contributed by atoms with Gasteiger partial charge in [0.2, 0.25) is 0 Å². The Morgan fingerprint density at radius 3 is 2.63 bits per heavy atom. The largest absolute Gasteiger partial charge is 0.483 e. The van der Waals surface area contributed by atoms with E-state index in [4.69, 9.17) is 4.74 Å². The van der Waals surface area contributed by atoms with Crippen molar-refractivity contribution in [2.45, 2.75) is 33.1 Å². The van der Waals surface area contributed by atoms with Gasteiger partial charge in [-0.05, 0) is 54.3 Å². The summed E-state index contributed by atoms with van der Waals surface area (Å²) in [5.41, 5.74) is 2.11. The molecule has 0 aliphatic heterocycles. The van der Waals surface area contributed by atoms with Crippen LogP contribution in [0.3, 0.4) is 0 Å². The summed E-state index contributed by atoms with van der Waals surface area (Å²) in [5, 5.41) is 5.59. The summed E-state index contributed by atoms with van der Waals surface area (Å²) in [6.07, 6.45) is 0.869. The zero-order valence-corrected chi connectivity index (χ0v) is 17.4. The second-order valence-electron chi connectivity index (χ2n) is 6.51. The summed E-state index contributed by atoms with van der Waals surface area (Å²) in [6, 6.07) is 12.6. The third-order valence-corrected chi connectivity index (χ3v) is 4.39. The van der Waals surface area contributed by atoms with Crippen molar-refractivity contribution >= 4 is 33.4 Å². The molecule has 6 heteroatoms. The van der Waals surface area contributed by atoms with Gasteiger partial charge in [0.05, 0.1) is 0 Å². The molecule has 0 radical (unpaired) electrons. The molecule has 5 nitrogen and oxygen atoms in total. The van der Waals surface area contributed by atoms with Crippen LogP contribution in [0.1, 0.15) is 49.0 Å². The van der Waals surface area contributed by atoms with E-state index in [1.54, 1.807) is 24.3 Å². The van der Waals surface area contributed by atoms with Crippen LogP contribution in [0.15, 0.2) is 46.9 Å². The van der Waals surface area contributed by atoms with Gasteiger partial charge in [-0.1, -0.05) is 42.8 Å². The third kappa shape index (κ3) is 6.40. The molecule has 27 heavy (non-hydrogen) atoms. The topological polar surface area (TPSA) is 67.4 Å². The normalized spacial score (nSPS) is 10.6. The minimum absolute atomic E-state index is 0.104. The maximum absolute atomic E-state index is 12.2. The standard InChI is InChI=1S/C21H25BrN2O3/c1-4-10-23-21(26)15-6-5-7-17(11-15)24-20(25)13-27-19-9-8-16(22)12-18(19)14(2)3/h5-9,11-12,14H,4,10,13H2,1-3H3,(H,23,26)(H,24,25). The molecule has 2 amide bonds. The van der Waals surface area contributed by atoms with Crippen LogP contribution in [0.25, 0.3) is 0 Å². The van der Waals surface area contributed by atoms with Gasteiger partial charge in [-0.3, -0.25) is 9.59 Å². The van der Waals surface area contributed by atoms with Gasteiger partial charge in [-0.2, -0.15) is 0 Å². The average molecular weight is 433 g/mol. The van der Waals surface area contributed by atoms with Gasteiger partial charge in [0.25, 0.3) is 11.8 Å². The number of hydrogen-bond acceptors (Lipinski definition) is 3. The summed E-state index contributed by atoms with van der Waals surface area (Å²) in [6.45, 7) is 6.66. The average Bonchev–Trinajstić information content (AvgIpc) is 2.65. The van der Waals surface area contributed by atoms with Crippen molar-refractivity contribution in [3.63, 3.8) is 0 Å². The molecule has 0 spiro atoms. The van der Waals surface area contributed by atoms with E-state index in [9.17, 15) is 9.59 Å². The summed E-state index contributed by atoms with van der Waals surface area (Å²) in [5.74, 6) is 0.536. The van der Waals surface area contributed by atoms with E-state index in [0.717, 1.165) is 16.5 Å². The molecule has 2 N–H and O–H groups in total. The van der Waals surface area contributed by atoms with E-state index in [-0.39, 0.29) is 24.3 Å². The van der Waals surface area contributed by atoms with Crippen LogP contribution < -0.4 is 15.4 Å². The Balaban J connectivity index is 1.98. The molecule has 2 aromatic carbocycles. The Morgan fingerprint density at radius 2 is 1.93 bits per heavy atom. The highest BCUT2D eigenvalue weighted by Crippen LogP contribution is 2.29. The Labute approximate surface area is 168 Å². The molecule has 2 rings (SSSR count). The van der Waals surface area contributed by atoms with E-state index in [0.29, 0.717) is 23.5 Å². The summed E-state index contributed by atoms with van der Waals surface area (Å²) >= 11 is 3.46. The maximum atomic E-state index is 12.2. The van der Waals surface area contributed by atoms with E-state index >= 15 is 0 Å². The van der Waals surface area contributed by atoms with Crippen molar-refractivity contribution in [1.29, 1.82) is 0 Å². The minimum atomic E-state index is -0.279. The second-order valence-corrected chi connectivity index (χ2v) is 7.43. The molecule has 0 unspecified atom stereocenters. The number of rotatable bonds is 8. The predicted molar refractivity (Wildman–Crippen MR) is 111 cm³/mol. The van der Waals surface area contributed by atoms with Crippen LogP contribution in [0.5, 0.6) is 5.75 Å². The number of anilines is 1. The third-order valence-electron chi connectivity index (χ3n) is 3.90. The van der Waals surface area contributed by atoms with Crippen LogP contribution in [0.4, 0.5) is 5.69 Å². The van der Waals surface area contributed by atoms with Crippen LogP contribution in [0, 0.1) is 0 Å². The molecule has 0 heterocycles. The summed E-state index contributed by atoms with van der Waals surface area (Å²) in [4.78, 5) is 24.3. The molecule has 0 saturated carbocycles. The van der Waals surface area contributed by atoms with Crippen LogP contribution in [-0.2, 0) is 4.79 Å². The highest BCUT2D eigenvalue weighted by molar-refractivity contribution is 9.10. The van der Waals surface area contributed by atoms with Gasteiger partial charge in [-0.15, -0.1) is 0 Å². The quantitative estimate of drug-likeness (QED) is 0.633. The van der Waals surface area contributed by atoms with Gasteiger partial charge < -0.3 is 15.4 Å². The first-order valence-electron chi connectivity index (χ1n) is 9.01. The number of amides is 2. The van der Waals surface area contributed by atoms with Crippen LogP contribution in [0.2, 0.25) is 0 Å². The fraction of sp³-hybridized carbons (Fsp3) is 0.333. The van der Waals surface area contributed by atoms with Crippen molar-refractivity contribution in [3.05, 3.63) is 58.1 Å². The molecule has 0 saturated heterocycles. The van der Waals surface area contributed by atoms with Crippen molar-refractivity contribution in [3.8, 4) is 5.75 Å². The van der Waals surface area contributed by atoms with E-state index in [2.05, 4.69) is 40.4 Å². The van der Waals surface area contributed by atoms with E-state index in [1.807, 2.05) is 25.1 Å². The molecule has 0 fully saturated rings. The number of nitrogens with one attached hydrogen (secondary N) is 2. The Morgan fingerprint density at radius 1 is 1.15 bits per heavy atom. The maximum Gasteiger partial charge on any atom is 0.262 e. The molecule has 0 bridgehead atoms. The van der Waals surface area contributed by atoms with Crippen LogP contribution >= 0.6 is 15.9 Å². The van der Waals surface area contributed by atoms with Gasteiger partial charge in [-0.25, -0.2) is 0 Å². The minimum Gasteiger partial charge on any atom is -0.483 e. The molecular formula is C21H25BrN2O3. The molecule has 0 aliphatic carbocycles. The van der Waals surface area contributed by atoms with Crippen molar-refractivity contribution in [2.24, 2.45) is 0 Å². The monoisotopic (exact) mass is 432 g/mol. The lowest BCUT2D eigenvalue weighted by Gasteiger charge is -2.14. The van der Waals surface area contributed by atoms with Gasteiger partial charge in [0.15, 0.2) is 6.61 Å². The Hall–Kier alpha value is -2.34. The van der Waals surface area contributed by atoms with Crippen molar-refractivity contribution < 1.29 is 14.3 Å². The lowest BCUT2D eigenvalue weighted by molar-refractivity contribution is -0.118. The summed E-state index contributed by atoms with van der Waals surface area (Å²) < 4.78 is 6.68. The first kappa shape index (κ1) is 21.0. The van der Waals surface area contributed by atoms with E-state index < -0.39 is 0 Å². The lowest BCUT2D eigenvalue weighted by atomic mass is 10.0.